The fourth-order valence-electron chi connectivity index (χ4n) is 3.66. The van der Waals surface area contributed by atoms with Crippen LogP contribution in [0.4, 0.5) is 0 Å². The molecule has 0 amide bonds. The van der Waals surface area contributed by atoms with Gasteiger partial charge in [-0.25, -0.2) is 9.59 Å². The number of benzene rings is 3. The molecule has 0 spiro atoms. The predicted molar refractivity (Wildman–Crippen MR) is 126 cm³/mol. The fourth-order valence-corrected chi connectivity index (χ4v) is 3.87. The van der Waals surface area contributed by atoms with Crippen molar-refractivity contribution in [2.24, 2.45) is 0 Å². The molecular formula is C26H17ClO6. The number of halogens is 1. The Hall–Kier alpha value is -4.03. The Morgan fingerprint density at radius 2 is 1.64 bits per heavy atom. The van der Waals surface area contributed by atoms with E-state index in [-0.39, 0.29) is 5.56 Å². The number of hydrogen-bond donors (Lipinski definition) is 0. The second-order valence-electron chi connectivity index (χ2n) is 7.41. The molecule has 0 aliphatic rings. The van der Waals surface area contributed by atoms with E-state index in [0.717, 1.165) is 5.56 Å². The van der Waals surface area contributed by atoms with E-state index in [1.807, 2.05) is 18.2 Å². The molecule has 3 aromatic carbocycles. The van der Waals surface area contributed by atoms with E-state index in [1.54, 1.807) is 48.5 Å². The van der Waals surface area contributed by atoms with Crippen LogP contribution >= 0.6 is 11.6 Å². The van der Waals surface area contributed by atoms with Gasteiger partial charge in [0.05, 0.1) is 12.7 Å². The first-order valence-corrected chi connectivity index (χ1v) is 10.5. The van der Waals surface area contributed by atoms with Gasteiger partial charge in [-0.15, -0.1) is 0 Å². The van der Waals surface area contributed by atoms with Gasteiger partial charge < -0.3 is 18.3 Å². The zero-order valence-corrected chi connectivity index (χ0v) is 18.2. The molecule has 5 rings (SSSR count). The van der Waals surface area contributed by atoms with E-state index in [1.165, 1.54) is 13.2 Å². The summed E-state index contributed by atoms with van der Waals surface area (Å²) in [5.74, 6) is 1.09. The van der Waals surface area contributed by atoms with Crippen LogP contribution < -0.4 is 20.7 Å². The largest absolute Gasteiger partial charge is 0.497 e. The van der Waals surface area contributed by atoms with Crippen LogP contribution in [0.25, 0.3) is 33.1 Å². The molecule has 0 fully saturated rings. The van der Waals surface area contributed by atoms with Crippen LogP contribution in [0.2, 0.25) is 5.02 Å². The van der Waals surface area contributed by atoms with Gasteiger partial charge in [-0.3, -0.25) is 0 Å². The highest BCUT2D eigenvalue weighted by molar-refractivity contribution is 6.30. The van der Waals surface area contributed by atoms with Crippen molar-refractivity contribution in [3.63, 3.8) is 0 Å². The maximum atomic E-state index is 12.9. The lowest BCUT2D eigenvalue weighted by Gasteiger charge is -2.09. The van der Waals surface area contributed by atoms with E-state index >= 15 is 0 Å². The van der Waals surface area contributed by atoms with E-state index in [0.29, 0.717) is 50.6 Å². The number of ether oxygens (including phenoxy) is 2. The highest BCUT2D eigenvalue weighted by atomic mass is 35.5. The van der Waals surface area contributed by atoms with Crippen molar-refractivity contribution in [3.8, 4) is 22.6 Å². The number of rotatable bonds is 5. The van der Waals surface area contributed by atoms with E-state index in [9.17, 15) is 9.59 Å². The molecule has 6 nitrogen and oxygen atoms in total. The number of methoxy groups -OCH3 is 1. The van der Waals surface area contributed by atoms with Gasteiger partial charge in [-0.2, -0.15) is 0 Å². The van der Waals surface area contributed by atoms with Crippen LogP contribution in [0, 0.1) is 0 Å². The standard InChI is InChI=1S/C26H17ClO6/c1-30-18-7-8-20-21(13-25(28)32-24(20)11-18)22-10-16-5-6-19(12-23(16)33-26(22)29)31-14-15-3-2-4-17(27)9-15/h2-13H,14H2,1H3. The average molecular weight is 461 g/mol. The summed E-state index contributed by atoms with van der Waals surface area (Å²) in [4.78, 5) is 25.0. The minimum atomic E-state index is -0.574. The van der Waals surface area contributed by atoms with Gasteiger partial charge in [0.15, 0.2) is 0 Å². The average Bonchev–Trinajstić information content (AvgIpc) is 2.81. The second-order valence-corrected chi connectivity index (χ2v) is 7.84. The summed E-state index contributed by atoms with van der Waals surface area (Å²) in [6.45, 7) is 0.323. The Bertz CT molecular complexity index is 1620. The Morgan fingerprint density at radius 1 is 0.818 bits per heavy atom. The van der Waals surface area contributed by atoms with Crippen LogP contribution in [0.3, 0.4) is 0 Å². The molecule has 2 aromatic heterocycles. The van der Waals surface area contributed by atoms with Crippen molar-refractivity contribution in [2.75, 3.05) is 7.11 Å². The Balaban J connectivity index is 1.53. The smallest absolute Gasteiger partial charge is 0.344 e. The van der Waals surface area contributed by atoms with E-state index in [2.05, 4.69) is 0 Å². The van der Waals surface area contributed by atoms with Gasteiger partial charge in [0.1, 0.15) is 29.3 Å². The molecule has 164 valence electrons. The highest BCUT2D eigenvalue weighted by Gasteiger charge is 2.15. The van der Waals surface area contributed by atoms with Crippen molar-refractivity contribution in [2.45, 2.75) is 6.61 Å². The first-order chi connectivity index (χ1) is 16.0. The maximum Gasteiger partial charge on any atom is 0.344 e. The molecular weight excluding hydrogens is 444 g/mol. The molecule has 7 heteroatoms. The van der Waals surface area contributed by atoms with E-state index < -0.39 is 11.3 Å². The zero-order valence-electron chi connectivity index (χ0n) is 17.5. The van der Waals surface area contributed by atoms with Crippen LogP contribution in [0.1, 0.15) is 5.56 Å². The summed E-state index contributed by atoms with van der Waals surface area (Å²) in [5.41, 5.74) is 1.17. The third kappa shape index (κ3) is 4.21. The zero-order chi connectivity index (χ0) is 22.9. The number of hydrogen-bond acceptors (Lipinski definition) is 6. The van der Waals surface area contributed by atoms with Crippen molar-refractivity contribution in [3.05, 3.63) is 104 Å². The molecule has 0 unspecified atom stereocenters. The Morgan fingerprint density at radius 3 is 2.45 bits per heavy atom. The quantitative estimate of drug-likeness (QED) is 0.308. The lowest BCUT2D eigenvalue weighted by atomic mass is 10.0. The highest BCUT2D eigenvalue weighted by Crippen LogP contribution is 2.30. The molecule has 0 aliphatic heterocycles. The molecule has 5 aromatic rings. The molecule has 0 radical (unpaired) electrons. The summed E-state index contributed by atoms with van der Waals surface area (Å²) in [7, 11) is 1.52. The summed E-state index contributed by atoms with van der Waals surface area (Å²) in [6, 6.07) is 20.7. The van der Waals surface area contributed by atoms with Crippen LogP contribution in [-0.2, 0) is 6.61 Å². The van der Waals surface area contributed by atoms with Gasteiger partial charge in [0.25, 0.3) is 0 Å². The molecule has 33 heavy (non-hydrogen) atoms. The molecule has 2 heterocycles. The summed E-state index contributed by atoms with van der Waals surface area (Å²) >= 11 is 6.01. The Kier molecular flexibility index (Phi) is 5.36. The molecule has 0 atom stereocenters. The third-order valence-electron chi connectivity index (χ3n) is 5.24. The lowest BCUT2D eigenvalue weighted by Crippen LogP contribution is -2.06. The molecule has 0 saturated carbocycles. The molecule has 0 bridgehead atoms. The monoisotopic (exact) mass is 460 g/mol. The van der Waals surface area contributed by atoms with Gasteiger partial charge in [0, 0.05) is 39.6 Å². The second kappa shape index (κ2) is 8.48. The van der Waals surface area contributed by atoms with Gasteiger partial charge in [-0.05, 0) is 48.0 Å². The maximum absolute atomic E-state index is 12.9. The minimum Gasteiger partial charge on any atom is -0.497 e. The normalized spacial score (nSPS) is 11.1. The van der Waals surface area contributed by atoms with Crippen molar-refractivity contribution in [1.82, 2.24) is 0 Å². The summed E-state index contributed by atoms with van der Waals surface area (Å²) in [6.07, 6.45) is 0. The summed E-state index contributed by atoms with van der Waals surface area (Å²) in [5, 5.41) is 1.92. The van der Waals surface area contributed by atoms with Crippen LogP contribution in [0.5, 0.6) is 11.5 Å². The van der Waals surface area contributed by atoms with Crippen molar-refractivity contribution >= 4 is 33.5 Å². The van der Waals surface area contributed by atoms with Gasteiger partial charge >= 0.3 is 11.3 Å². The van der Waals surface area contributed by atoms with Gasteiger partial charge in [0.2, 0.25) is 0 Å². The van der Waals surface area contributed by atoms with Crippen molar-refractivity contribution < 1.29 is 18.3 Å². The predicted octanol–water partition coefficient (Wildman–Crippen LogP) is 5.81. The lowest BCUT2D eigenvalue weighted by molar-refractivity contribution is 0.306. The van der Waals surface area contributed by atoms with Gasteiger partial charge in [-0.1, -0.05) is 23.7 Å². The first kappa shape index (κ1) is 20.8. The van der Waals surface area contributed by atoms with Crippen LogP contribution in [0.15, 0.2) is 91.2 Å². The SMILES string of the molecule is COc1ccc2c(-c3cc4ccc(OCc5cccc(Cl)c5)cc4oc3=O)cc(=O)oc2c1. The van der Waals surface area contributed by atoms with E-state index in [4.69, 9.17) is 29.9 Å². The third-order valence-corrected chi connectivity index (χ3v) is 5.48. The van der Waals surface area contributed by atoms with Crippen molar-refractivity contribution in [1.29, 1.82) is 0 Å². The van der Waals surface area contributed by atoms with Crippen LogP contribution in [-0.4, -0.2) is 7.11 Å². The summed E-state index contributed by atoms with van der Waals surface area (Å²) < 4.78 is 21.9. The Labute approximate surface area is 192 Å². The molecule has 0 N–H and O–H groups in total. The first-order valence-electron chi connectivity index (χ1n) is 10.1. The molecule has 0 aliphatic carbocycles. The molecule has 0 saturated heterocycles. The minimum absolute atomic E-state index is 0.262. The topological polar surface area (TPSA) is 78.9 Å². The number of fused-ring (bicyclic) bond motifs is 2. The fraction of sp³-hybridized carbons (Fsp3) is 0.0769.